The molecule has 0 saturated carbocycles. The molecule has 2 aromatic carbocycles. The van der Waals surface area contributed by atoms with Crippen molar-refractivity contribution in [2.45, 2.75) is 90.7 Å². The lowest BCUT2D eigenvalue weighted by molar-refractivity contribution is -0.275. The van der Waals surface area contributed by atoms with Crippen LogP contribution in [0.5, 0.6) is 5.75 Å². The fraction of sp³-hybridized carbons (Fsp3) is 0.529. The van der Waals surface area contributed by atoms with Crippen LogP contribution >= 0.6 is 11.8 Å². The molecule has 0 amide bonds. The monoisotopic (exact) mass is 534 g/mol. The number of thioether (sulfide) groups is 1. The zero-order valence-electron chi connectivity index (χ0n) is 24.4. The predicted octanol–water partition coefficient (Wildman–Crippen LogP) is 9.42. The third kappa shape index (κ3) is 7.34. The number of ether oxygens (including phenoxy) is 3. The van der Waals surface area contributed by atoms with Crippen molar-refractivity contribution in [2.24, 2.45) is 10.8 Å². The first kappa shape index (κ1) is 29.0. The van der Waals surface area contributed by atoms with E-state index in [0.717, 1.165) is 42.1 Å². The summed E-state index contributed by atoms with van der Waals surface area (Å²) in [6.45, 7) is 17.6. The first-order chi connectivity index (χ1) is 18.0. The molecule has 3 nitrogen and oxygen atoms in total. The maximum absolute atomic E-state index is 6.43. The molecule has 206 valence electrons. The molecule has 2 heterocycles. The average Bonchev–Trinajstić information content (AvgIpc) is 2.88. The molecule has 4 heteroatoms. The molecule has 0 aromatic heterocycles. The summed E-state index contributed by atoms with van der Waals surface area (Å²) in [6, 6.07) is 15.4. The molecule has 0 aliphatic carbocycles. The van der Waals surface area contributed by atoms with Gasteiger partial charge in [-0.15, -0.1) is 11.8 Å². The van der Waals surface area contributed by atoms with Gasteiger partial charge in [0.15, 0.2) is 5.79 Å². The fourth-order valence-corrected chi connectivity index (χ4v) is 6.21. The smallest absolute Gasteiger partial charge is 0.199 e. The van der Waals surface area contributed by atoms with Gasteiger partial charge in [0.1, 0.15) is 11.5 Å². The van der Waals surface area contributed by atoms with E-state index in [1.807, 2.05) is 11.8 Å². The highest BCUT2D eigenvalue weighted by Gasteiger charge is 2.38. The van der Waals surface area contributed by atoms with E-state index in [-0.39, 0.29) is 10.8 Å². The highest BCUT2D eigenvalue weighted by molar-refractivity contribution is 7.99. The van der Waals surface area contributed by atoms with Crippen LogP contribution in [-0.2, 0) is 21.7 Å². The van der Waals surface area contributed by atoms with Crippen LogP contribution in [0.4, 0.5) is 0 Å². The first-order valence-electron chi connectivity index (χ1n) is 14.2. The standard InChI is InChI=1S/C34H46O3S/c1-8-25-12-17-31-29(23-25)34(35-20-10-21-36-34)19-18-27(11-9-22-38-31)37-28-15-13-26(14-16-28)30(33(5,6)7)24-32(2,3)4/h9,11-18,23,30H,8,10,19-22,24H2,1-7H3/b11-9-,27-18+. The van der Waals surface area contributed by atoms with Gasteiger partial charge < -0.3 is 14.2 Å². The Bertz CT molecular complexity index is 1130. The lowest BCUT2D eigenvalue weighted by Gasteiger charge is -2.38. The summed E-state index contributed by atoms with van der Waals surface area (Å²) in [7, 11) is 0. The van der Waals surface area contributed by atoms with Crippen molar-refractivity contribution in [3.05, 3.63) is 83.1 Å². The van der Waals surface area contributed by atoms with E-state index in [1.165, 1.54) is 16.0 Å². The summed E-state index contributed by atoms with van der Waals surface area (Å²) in [5.41, 5.74) is 4.28. The molecule has 1 spiro atoms. The van der Waals surface area contributed by atoms with E-state index >= 15 is 0 Å². The van der Waals surface area contributed by atoms with Gasteiger partial charge in [0.25, 0.3) is 0 Å². The molecule has 0 radical (unpaired) electrons. The summed E-state index contributed by atoms with van der Waals surface area (Å²) in [5.74, 6) is 2.24. The Kier molecular flexibility index (Phi) is 9.17. The van der Waals surface area contributed by atoms with Crippen molar-refractivity contribution in [3.63, 3.8) is 0 Å². The van der Waals surface area contributed by atoms with Gasteiger partial charge >= 0.3 is 0 Å². The van der Waals surface area contributed by atoms with Crippen molar-refractivity contribution in [1.29, 1.82) is 0 Å². The fourth-order valence-electron chi connectivity index (χ4n) is 5.30. The minimum atomic E-state index is -0.775. The molecule has 2 aromatic rings. The van der Waals surface area contributed by atoms with Crippen molar-refractivity contribution in [2.75, 3.05) is 19.0 Å². The number of hydrogen-bond acceptors (Lipinski definition) is 4. The second kappa shape index (κ2) is 12.0. The summed E-state index contributed by atoms with van der Waals surface area (Å²) >= 11 is 1.82. The van der Waals surface area contributed by atoms with Crippen molar-refractivity contribution < 1.29 is 14.2 Å². The lowest BCUT2D eigenvalue weighted by Crippen LogP contribution is -2.38. The Morgan fingerprint density at radius 1 is 0.974 bits per heavy atom. The Hall–Kier alpha value is -2.01. The van der Waals surface area contributed by atoms with Crippen LogP contribution < -0.4 is 4.74 Å². The SMILES string of the molecule is CCc1ccc2c(c1)C1(C/C=C(Oc3ccc(C(CC(C)(C)C)C(C)(C)C)cc3)\C=C/CS2)OCCCO1. The van der Waals surface area contributed by atoms with Gasteiger partial charge in [-0.05, 0) is 83.6 Å². The summed E-state index contributed by atoms with van der Waals surface area (Å²) < 4.78 is 19.3. The molecule has 4 rings (SSSR count). The number of rotatable bonds is 5. The van der Waals surface area contributed by atoms with E-state index in [2.05, 4.69) is 109 Å². The number of benzene rings is 2. The lowest BCUT2D eigenvalue weighted by atomic mass is 9.69. The minimum Gasteiger partial charge on any atom is -0.458 e. The summed E-state index contributed by atoms with van der Waals surface area (Å²) in [6.07, 6.45) is 10.0. The van der Waals surface area contributed by atoms with Crippen molar-refractivity contribution >= 4 is 11.8 Å². The molecule has 0 N–H and O–H groups in total. The predicted molar refractivity (Wildman–Crippen MR) is 160 cm³/mol. The molecule has 1 atom stereocenters. The molecule has 1 fully saturated rings. The van der Waals surface area contributed by atoms with Crippen molar-refractivity contribution in [1.82, 2.24) is 0 Å². The topological polar surface area (TPSA) is 27.7 Å². The van der Waals surface area contributed by atoms with Gasteiger partial charge in [0.2, 0.25) is 0 Å². The van der Waals surface area contributed by atoms with Crippen molar-refractivity contribution in [3.8, 4) is 5.75 Å². The molecular formula is C34H46O3S. The molecule has 2 aliphatic heterocycles. The van der Waals surface area contributed by atoms with E-state index in [9.17, 15) is 0 Å². The molecule has 0 bridgehead atoms. The van der Waals surface area contributed by atoms with Crippen LogP contribution in [0.3, 0.4) is 0 Å². The average molecular weight is 535 g/mol. The zero-order chi connectivity index (χ0) is 27.4. The third-order valence-electron chi connectivity index (χ3n) is 7.39. The van der Waals surface area contributed by atoms with Crippen LogP contribution in [0, 0.1) is 10.8 Å². The number of allylic oxidation sites excluding steroid dienone is 1. The second-order valence-electron chi connectivity index (χ2n) is 12.9. The Labute approximate surface area is 235 Å². The molecule has 2 aliphatic rings. The van der Waals surface area contributed by atoms with Gasteiger partial charge in [0, 0.05) is 22.6 Å². The van der Waals surface area contributed by atoms with E-state index < -0.39 is 5.79 Å². The van der Waals surface area contributed by atoms with Crippen LogP contribution in [0.2, 0.25) is 0 Å². The van der Waals surface area contributed by atoms with E-state index in [4.69, 9.17) is 14.2 Å². The first-order valence-corrected chi connectivity index (χ1v) is 15.2. The van der Waals surface area contributed by atoms with Gasteiger partial charge in [-0.25, -0.2) is 0 Å². The quantitative estimate of drug-likeness (QED) is 0.382. The summed E-state index contributed by atoms with van der Waals surface area (Å²) in [5, 5.41) is 0. The van der Waals surface area contributed by atoms with Crippen LogP contribution in [-0.4, -0.2) is 19.0 Å². The van der Waals surface area contributed by atoms with Gasteiger partial charge in [0.05, 0.1) is 13.2 Å². The molecule has 1 saturated heterocycles. The highest BCUT2D eigenvalue weighted by Crippen LogP contribution is 2.44. The molecule has 1 unspecified atom stereocenters. The Balaban J connectivity index is 1.59. The highest BCUT2D eigenvalue weighted by atomic mass is 32.2. The molecule has 38 heavy (non-hydrogen) atoms. The second-order valence-corrected chi connectivity index (χ2v) is 13.9. The van der Waals surface area contributed by atoms with E-state index in [1.54, 1.807) is 0 Å². The Morgan fingerprint density at radius 2 is 1.68 bits per heavy atom. The summed E-state index contributed by atoms with van der Waals surface area (Å²) in [4.78, 5) is 1.23. The minimum absolute atomic E-state index is 0.192. The van der Waals surface area contributed by atoms with Crippen LogP contribution in [0.25, 0.3) is 0 Å². The normalized spacial score (nSPS) is 21.2. The van der Waals surface area contributed by atoms with Crippen LogP contribution in [0.15, 0.2) is 71.3 Å². The van der Waals surface area contributed by atoms with Gasteiger partial charge in [-0.1, -0.05) is 72.7 Å². The van der Waals surface area contributed by atoms with Gasteiger partial charge in [-0.3, -0.25) is 0 Å². The number of aryl methyl sites for hydroxylation is 1. The largest absolute Gasteiger partial charge is 0.458 e. The number of hydrogen-bond donors (Lipinski definition) is 0. The third-order valence-corrected chi connectivity index (χ3v) is 8.42. The Morgan fingerprint density at radius 3 is 2.32 bits per heavy atom. The molecular weight excluding hydrogens is 488 g/mol. The van der Waals surface area contributed by atoms with E-state index in [0.29, 0.717) is 25.6 Å². The maximum Gasteiger partial charge on any atom is 0.199 e. The number of fused-ring (bicyclic) bond motifs is 2. The van der Waals surface area contributed by atoms with Crippen LogP contribution in [0.1, 0.15) is 90.3 Å². The zero-order valence-corrected chi connectivity index (χ0v) is 25.3. The maximum atomic E-state index is 6.43. The van der Waals surface area contributed by atoms with Gasteiger partial charge in [-0.2, -0.15) is 0 Å².